The Balaban J connectivity index is 1.80. The number of aromatic nitrogens is 3. The van der Waals surface area contributed by atoms with E-state index in [1.54, 1.807) is 19.1 Å². The van der Waals surface area contributed by atoms with Gasteiger partial charge in [0.05, 0.1) is 24.8 Å². The van der Waals surface area contributed by atoms with Gasteiger partial charge < -0.3 is 14.9 Å². The van der Waals surface area contributed by atoms with Gasteiger partial charge in [0.15, 0.2) is 5.82 Å². The normalized spacial score (nSPS) is 10.8. The molecule has 8 nitrogen and oxygen atoms in total. The molecule has 3 heterocycles. The molecule has 34 heavy (non-hydrogen) atoms. The Morgan fingerprint density at radius 2 is 1.97 bits per heavy atom. The van der Waals surface area contributed by atoms with E-state index >= 15 is 0 Å². The number of nitrogens with zero attached hydrogens (tertiary/aromatic N) is 4. The van der Waals surface area contributed by atoms with Crippen LogP contribution < -0.4 is 5.73 Å². The number of nitrogen functional groups attached to an aromatic ring is 1. The van der Waals surface area contributed by atoms with Crippen molar-refractivity contribution in [1.82, 2.24) is 14.8 Å². The smallest absolute Gasteiger partial charge is 0.343 e. The van der Waals surface area contributed by atoms with Crippen molar-refractivity contribution in [2.24, 2.45) is 0 Å². The lowest BCUT2D eigenvalue weighted by molar-refractivity contribution is 0.0527. The summed E-state index contributed by atoms with van der Waals surface area (Å²) < 4.78 is 12.0. The lowest BCUT2D eigenvalue weighted by atomic mass is 9.98. The molecule has 0 amide bonds. The first kappa shape index (κ1) is 21.0. The minimum Gasteiger partial charge on any atom is -0.464 e. The fraction of sp³-hybridized carbons (Fsp3) is 0.0769. The van der Waals surface area contributed by atoms with E-state index in [1.165, 1.54) is 17.1 Å². The van der Waals surface area contributed by atoms with Gasteiger partial charge in [-0.05, 0) is 35.9 Å². The minimum absolute atomic E-state index is 0.0305. The summed E-state index contributed by atoms with van der Waals surface area (Å²) >= 11 is 0. The number of nitriles is 1. The molecule has 0 radical (unpaired) electrons. The zero-order valence-electron chi connectivity index (χ0n) is 18.2. The first-order valence-corrected chi connectivity index (χ1v) is 10.6. The van der Waals surface area contributed by atoms with Gasteiger partial charge in [0.1, 0.15) is 28.8 Å². The number of esters is 1. The molecule has 0 bridgehead atoms. The third kappa shape index (κ3) is 3.45. The number of rotatable bonds is 5. The highest BCUT2D eigenvalue weighted by molar-refractivity contribution is 5.97. The van der Waals surface area contributed by atoms with Gasteiger partial charge >= 0.3 is 5.97 Å². The van der Waals surface area contributed by atoms with Crippen LogP contribution in [0.25, 0.3) is 39.2 Å². The number of nitrogens with two attached hydrogens (primary N) is 1. The number of pyridine rings is 1. The molecule has 5 aromatic rings. The van der Waals surface area contributed by atoms with Gasteiger partial charge in [-0.1, -0.05) is 42.5 Å². The standard InChI is InChI=1S/C26H19N5O3/c1-2-33-26(32)21-15-29-31(24(21)28)25-20(14-27)19(23-11-6-12-34-23)13-22(30-25)18-10-5-8-16-7-3-4-9-17(16)18/h3-13,15H,2,28H2,1H3. The van der Waals surface area contributed by atoms with E-state index in [-0.39, 0.29) is 29.4 Å². The molecule has 0 aliphatic heterocycles. The van der Waals surface area contributed by atoms with Crippen molar-refractivity contribution in [2.45, 2.75) is 6.92 Å². The van der Waals surface area contributed by atoms with Crippen molar-refractivity contribution in [1.29, 1.82) is 5.26 Å². The predicted molar refractivity (Wildman–Crippen MR) is 127 cm³/mol. The number of hydrogen-bond donors (Lipinski definition) is 1. The van der Waals surface area contributed by atoms with E-state index < -0.39 is 5.97 Å². The molecule has 0 unspecified atom stereocenters. The second-order valence-corrected chi connectivity index (χ2v) is 7.45. The molecule has 0 saturated heterocycles. The van der Waals surface area contributed by atoms with Crippen molar-refractivity contribution in [3.63, 3.8) is 0 Å². The summed E-state index contributed by atoms with van der Waals surface area (Å²) in [5, 5.41) is 16.4. The summed E-state index contributed by atoms with van der Waals surface area (Å²) in [5.74, 6) is 0.120. The number of carbonyl (C=O) groups excluding carboxylic acids is 1. The summed E-state index contributed by atoms with van der Waals surface area (Å²) in [6, 6.07) is 21.4. The van der Waals surface area contributed by atoms with Crippen LogP contribution in [0.1, 0.15) is 22.8 Å². The topological polar surface area (TPSA) is 120 Å². The quantitative estimate of drug-likeness (QED) is 0.376. The molecular formula is C26H19N5O3. The second-order valence-electron chi connectivity index (χ2n) is 7.45. The Morgan fingerprint density at radius 1 is 1.15 bits per heavy atom. The number of fused-ring (bicyclic) bond motifs is 1. The molecule has 0 fully saturated rings. The SMILES string of the molecule is CCOC(=O)c1cnn(-c2nc(-c3cccc4ccccc34)cc(-c3ccco3)c2C#N)c1N. The summed E-state index contributed by atoms with van der Waals surface area (Å²) in [4.78, 5) is 17.1. The molecule has 0 aliphatic carbocycles. The average molecular weight is 449 g/mol. The van der Waals surface area contributed by atoms with Crippen LogP contribution in [0.15, 0.2) is 77.5 Å². The fourth-order valence-electron chi connectivity index (χ4n) is 3.90. The molecule has 2 N–H and O–H groups in total. The number of benzene rings is 2. The summed E-state index contributed by atoms with van der Waals surface area (Å²) in [6.45, 7) is 1.90. The Kier molecular flexibility index (Phi) is 5.28. The third-order valence-electron chi connectivity index (χ3n) is 5.47. The first-order valence-electron chi connectivity index (χ1n) is 10.6. The maximum atomic E-state index is 12.3. The maximum Gasteiger partial charge on any atom is 0.343 e. The van der Waals surface area contributed by atoms with E-state index in [4.69, 9.17) is 19.9 Å². The monoisotopic (exact) mass is 449 g/mol. The second kappa shape index (κ2) is 8.56. The van der Waals surface area contributed by atoms with Crippen LogP contribution >= 0.6 is 0 Å². The fourth-order valence-corrected chi connectivity index (χ4v) is 3.90. The Hall–Kier alpha value is -4.90. The van der Waals surface area contributed by atoms with Gasteiger partial charge in [-0.25, -0.2) is 9.78 Å². The largest absolute Gasteiger partial charge is 0.464 e. The van der Waals surface area contributed by atoms with E-state index in [2.05, 4.69) is 11.2 Å². The Bertz CT molecular complexity index is 1560. The lowest BCUT2D eigenvalue weighted by Crippen LogP contribution is -2.11. The van der Waals surface area contributed by atoms with Crippen LogP contribution in [0, 0.1) is 11.3 Å². The maximum absolute atomic E-state index is 12.3. The third-order valence-corrected chi connectivity index (χ3v) is 5.47. The van der Waals surface area contributed by atoms with Crippen molar-refractivity contribution in [3.8, 4) is 34.5 Å². The summed E-state index contributed by atoms with van der Waals surface area (Å²) in [6.07, 6.45) is 2.85. The van der Waals surface area contributed by atoms with Crippen LogP contribution in [0.2, 0.25) is 0 Å². The van der Waals surface area contributed by atoms with Crippen LogP contribution in [0.5, 0.6) is 0 Å². The molecule has 166 valence electrons. The highest BCUT2D eigenvalue weighted by atomic mass is 16.5. The van der Waals surface area contributed by atoms with Crippen LogP contribution in [0.4, 0.5) is 5.82 Å². The number of furan rings is 1. The predicted octanol–water partition coefficient (Wildman–Crippen LogP) is 4.98. The van der Waals surface area contributed by atoms with Gasteiger partial charge in [-0.15, -0.1) is 0 Å². The van der Waals surface area contributed by atoms with Gasteiger partial charge in [0, 0.05) is 11.1 Å². The number of ether oxygens (including phenoxy) is 1. The van der Waals surface area contributed by atoms with Gasteiger partial charge in [0.25, 0.3) is 0 Å². The first-order chi connectivity index (χ1) is 16.6. The molecule has 3 aromatic heterocycles. The highest BCUT2D eigenvalue weighted by Crippen LogP contribution is 2.35. The highest BCUT2D eigenvalue weighted by Gasteiger charge is 2.24. The summed E-state index contributed by atoms with van der Waals surface area (Å²) in [5.41, 5.74) is 8.58. The van der Waals surface area contributed by atoms with Crippen molar-refractivity contribution >= 4 is 22.6 Å². The number of anilines is 1. The van der Waals surface area contributed by atoms with E-state index in [0.29, 0.717) is 17.0 Å². The van der Waals surface area contributed by atoms with Crippen molar-refractivity contribution < 1.29 is 13.9 Å². The molecule has 2 aromatic carbocycles. The van der Waals surface area contributed by atoms with Crippen LogP contribution in [-0.2, 0) is 4.74 Å². The molecule has 0 spiro atoms. The average Bonchev–Trinajstić information content (AvgIpc) is 3.53. The molecule has 0 aliphatic rings. The van der Waals surface area contributed by atoms with E-state index in [9.17, 15) is 10.1 Å². The van der Waals surface area contributed by atoms with Crippen molar-refractivity contribution in [3.05, 3.63) is 84.3 Å². The Morgan fingerprint density at radius 3 is 2.74 bits per heavy atom. The minimum atomic E-state index is -0.596. The van der Waals surface area contributed by atoms with Crippen LogP contribution in [0.3, 0.4) is 0 Å². The molecular weight excluding hydrogens is 430 g/mol. The van der Waals surface area contributed by atoms with Gasteiger partial charge in [0.2, 0.25) is 0 Å². The van der Waals surface area contributed by atoms with Crippen LogP contribution in [-0.4, -0.2) is 27.3 Å². The zero-order chi connectivity index (χ0) is 23.7. The summed E-state index contributed by atoms with van der Waals surface area (Å²) in [7, 11) is 0. The molecule has 0 atom stereocenters. The molecule has 8 heteroatoms. The number of hydrogen-bond acceptors (Lipinski definition) is 7. The molecule has 0 saturated carbocycles. The van der Waals surface area contributed by atoms with Crippen molar-refractivity contribution in [2.75, 3.05) is 12.3 Å². The Labute approximate surface area is 194 Å². The lowest BCUT2D eigenvalue weighted by Gasteiger charge is -2.13. The zero-order valence-corrected chi connectivity index (χ0v) is 18.2. The van der Waals surface area contributed by atoms with Gasteiger partial charge in [-0.2, -0.15) is 15.0 Å². The van der Waals surface area contributed by atoms with E-state index in [0.717, 1.165) is 16.3 Å². The van der Waals surface area contributed by atoms with E-state index in [1.807, 2.05) is 48.5 Å². The molecule has 5 rings (SSSR count). The van der Waals surface area contributed by atoms with Gasteiger partial charge in [-0.3, -0.25) is 0 Å². The number of carbonyl (C=O) groups is 1.